The van der Waals surface area contributed by atoms with Gasteiger partial charge in [-0.15, -0.1) is 11.3 Å². The minimum absolute atomic E-state index is 0.199. The van der Waals surface area contributed by atoms with Crippen LogP contribution in [-0.2, 0) is 15.4 Å². The number of aromatic amines is 1. The van der Waals surface area contributed by atoms with Crippen molar-refractivity contribution in [3.8, 4) is 0 Å². The van der Waals surface area contributed by atoms with Gasteiger partial charge in [-0.25, -0.2) is 17.5 Å². The van der Waals surface area contributed by atoms with E-state index >= 15 is 0 Å². The number of H-pyrrole nitrogens is 1. The van der Waals surface area contributed by atoms with Crippen molar-refractivity contribution >= 4 is 32.3 Å². The Labute approximate surface area is 143 Å². The average molecular weight is 364 g/mol. The maximum atomic E-state index is 13.3. The second kappa shape index (κ2) is 5.40. The number of fused-ring (bicyclic) bond motifs is 1. The molecule has 1 aliphatic rings. The number of nitrogens with one attached hydrogen (secondary N) is 2. The lowest BCUT2D eigenvalue weighted by Crippen LogP contribution is -2.31. The fraction of sp³-hybridized carbons (Fsp3) is 0.294. The Kier molecular flexibility index (Phi) is 3.56. The third-order valence-electron chi connectivity index (χ3n) is 4.65. The van der Waals surface area contributed by atoms with Crippen LogP contribution < -0.4 is 4.72 Å². The second-order valence-corrected chi connectivity index (χ2v) is 9.64. The first-order chi connectivity index (χ1) is 11.4. The highest BCUT2D eigenvalue weighted by Crippen LogP contribution is 2.50. The lowest BCUT2D eigenvalue weighted by molar-refractivity contribution is 0.569. The normalized spacial score (nSPS) is 16.6. The molecule has 7 heteroatoms. The SMILES string of the molecule is Cc1ccc(S(=O)(=O)NCC2(c3c[nH]c4cc(F)ccc34)CC2)s1. The molecule has 4 nitrogen and oxygen atoms in total. The molecule has 0 amide bonds. The van der Waals surface area contributed by atoms with Crippen molar-refractivity contribution in [2.75, 3.05) is 6.54 Å². The summed E-state index contributed by atoms with van der Waals surface area (Å²) in [4.78, 5) is 4.06. The van der Waals surface area contributed by atoms with E-state index in [-0.39, 0.29) is 11.2 Å². The molecular formula is C17H17FN2O2S2. The number of hydrogen-bond acceptors (Lipinski definition) is 3. The quantitative estimate of drug-likeness (QED) is 0.725. The zero-order valence-corrected chi connectivity index (χ0v) is 14.7. The van der Waals surface area contributed by atoms with Gasteiger partial charge in [-0.3, -0.25) is 0 Å². The molecule has 3 aromatic rings. The molecule has 0 spiro atoms. The lowest BCUT2D eigenvalue weighted by Gasteiger charge is -2.15. The first-order valence-electron chi connectivity index (χ1n) is 7.73. The molecule has 2 heterocycles. The van der Waals surface area contributed by atoms with E-state index in [1.165, 1.54) is 23.5 Å². The van der Waals surface area contributed by atoms with E-state index in [1.54, 1.807) is 18.2 Å². The van der Waals surface area contributed by atoms with Crippen LogP contribution in [0.25, 0.3) is 10.9 Å². The number of aryl methyl sites for hydroxylation is 1. The van der Waals surface area contributed by atoms with E-state index in [4.69, 9.17) is 0 Å². The number of hydrogen-bond donors (Lipinski definition) is 2. The van der Waals surface area contributed by atoms with E-state index in [1.807, 2.05) is 13.1 Å². The van der Waals surface area contributed by atoms with E-state index in [9.17, 15) is 12.8 Å². The molecule has 2 N–H and O–H groups in total. The van der Waals surface area contributed by atoms with Gasteiger partial charge in [0.2, 0.25) is 10.0 Å². The maximum Gasteiger partial charge on any atom is 0.250 e. The van der Waals surface area contributed by atoms with Crippen molar-refractivity contribution in [3.63, 3.8) is 0 Å². The Balaban J connectivity index is 1.60. The summed E-state index contributed by atoms with van der Waals surface area (Å²) in [7, 11) is -3.49. The van der Waals surface area contributed by atoms with Gasteiger partial charge in [0.15, 0.2) is 0 Å². The first-order valence-corrected chi connectivity index (χ1v) is 10.0. The largest absolute Gasteiger partial charge is 0.361 e. The predicted octanol–water partition coefficient (Wildman–Crippen LogP) is 3.69. The molecule has 4 rings (SSSR count). The van der Waals surface area contributed by atoms with Crippen molar-refractivity contribution in [3.05, 3.63) is 52.8 Å². The minimum Gasteiger partial charge on any atom is -0.361 e. The number of rotatable bonds is 5. The summed E-state index contributed by atoms with van der Waals surface area (Å²) in [6.45, 7) is 2.24. The van der Waals surface area contributed by atoms with E-state index in [0.29, 0.717) is 10.8 Å². The van der Waals surface area contributed by atoms with Crippen LogP contribution in [-0.4, -0.2) is 19.9 Å². The molecule has 1 fully saturated rings. The van der Waals surface area contributed by atoms with Crippen molar-refractivity contribution in [2.24, 2.45) is 0 Å². The van der Waals surface area contributed by atoms with E-state index in [0.717, 1.165) is 34.2 Å². The first kappa shape index (κ1) is 15.8. The summed E-state index contributed by atoms with van der Waals surface area (Å²) in [5.74, 6) is -0.283. The molecule has 0 atom stereocenters. The van der Waals surface area contributed by atoms with Gasteiger partial charge in [-0.05, 0) is 55.7 Å². The van der Waals surface area contributed by atoms with Crippen LogP contribution in [0.3, 0.4) is 0 Å². The number of aromatic nitrogens is 1. The fourth-order valence-electron chi connectivity index (χ4n) is 3.09. The molecule has 0 bridgehead atoms. The maximum absolute atomic E-state index is 13.3. The Bertz CT molecular complexity index is 1020. The fourth-order valence-corrected chi connectivity index (χ4v) is 5.55. The average Bonchev–Trinajstić information content (AvgIpc) is 2.98. The van der Waals surface area contributed by atoms with Gasteiger partial charge in [0.05, 0.1) is 0 Å². The molecule has 1 aromatic carbocycles. The number of halogens is 1. The topological polar surface area (TPSA) is 62.0 Å². The van der Waals surface area contributed by atoms with Gasteiger partial charge in [-0.1, -0.05) is 0 Å². The van der Waals surface area contributed by atoms with Gasteiger partial charge >= 0.3 is 0 Å². The van der Waals surface area contributed by atoms with Crippen LogP contribution >= 0.6 is 11.3 Å². The molecular weight excluding hydrogens is 347 g/mol. The van der Waals surface area contributed by atoms with Gasteiger partial charge < -0.3 is 4.98 Å². The Morgan fingerprint density at radius 2 is 2.08 bits per heavy atom. The van der Waals surface area contributed by atoms with E-state index in [2.05, 4.69) is 9.71 Å². The molecule has 126 valence electrons. The Hall–Kier alpha value is -1.70. The zero-order chi connectivity index (χ0) is 16.9. The highest BCUT2D eigenvalue weighted by Gasteiger charge is 2.46. The number of sulfonamides is 1. The van der Waals surface area contributed by atoms with Crippen LogP contribution in [0.1, 0.15) is 23.3 Å². The van der Waals surface area contributed by atoms with Gasteiger partial charge in [-0.2, -0.15) is 0 Å². The molecule has 0 aliphatic heterocycles. The highest BCUT2D eigenvalue weighted by atomic mass is 32.2. The van der Waals surface area contributed by atoms with Gasteiger partial charge in [0.25, 0.3) is 0 Å². The second-order valence-electron chi connectivity index (χ2n) is 6.36. The number of benzene rings is 1. The van der Waals surface area contributed by atoms with Crippen LogP contribution in [0.4, 0.5) is 4.39 Å². The van der Waals surface area contributed by atoms with Crippen molar-refractivity contribution in [1.29, 1.82) is 0 Å². The molecule has 24 heavy (non-hydrogen) atoms. The van der Waals surface area contributed by atoms with Crippen LogP contribution in [0.2, 0.25) is 0 Å². The highest BCUT2D eigenvalue weighted by molar-refractivity contribution is 7.91. The van der Waals surface area contributed by atoms with Crippen LogP contribution in [0.15, 0.2) is 40.7 Å². The third-order valence-corrected chi connectivity index (χ3v) is 7.54. The van der Waals surface area contributed by atoms with Crippen molar-refractivity contribution < 1.29 is 12.8 Å². The summed E-state index contributed by atoms with van der Waals surface area (Å²) < 4.78 is 41.3. The van der Waals surface area contributed by atoms with Crippen molar-refractivity contribution in [1.82, 2.24) is 9.71 Å². The Morgan fingerprint density at radius 1 is 1.29 bits per heavy atom. The summed E-state index contributed by atoms with van der Waals surface area (Å²) in [6.07, 6.45) is 3.72. The molecule has 0 radical (unpaired) electrons. The predicted molar refractivity (Wildman–Crippen MR) is 93.4 cm³/mol. The summed E-state index contributed by atoms with van der Waals surface area (Å²) >= 11 is 1.27. The molecule has 0 saturated heterocycles. The summed E-state index contributed by atoms with van der Waals surface area (Å²) in [5.41, 5.74) is 1.60. The monoisotopic (exact) mass is 364 g/mol. The van der Waals surface area contributed by atoms with Crippen LogP contribution in [0, 0.1) is 12.7 Å². The standard InChI is InChI=1S/C17H17FN2O2S2/c1-11-2-5-16(23-11)24(21,22)20-10-17(6-7-17)14-9-19-15-8-12(18)3-4-13(14)15/h2-5,8-9,19-20H,6-7,10H2,1H3. The third kappa shape index (κ3) is 2.66. The summed E-state index contributed by atoms with van der Waals surface area (Å²) in [5, 5.41) is 0.958. The molecule has 2 aromatic heterocycles. The van der Waals surface area contributed by atoms with Gasteiger partial charge in [0.1, 0.15) is 10.0 Å². The van der Waals surface area contributed by atoms with E-state index < -0.39 is 10.0 Å². The lowest BCUT2D eigenvalue weighted by atomic mass is 9.96. The summed E-state index contributed by atoms with van der Waals surface area (Å²) in [6, 6.07) is 8.10. The smallest absolute Gasteiger partial charge is 0.250 e. The van der Waals surface area contributed by atoms with Gasteiger partial charge in [0, 0.05) is 33.9 Å². The minimum atomic E-state index is -3.49. The molecule has 1 saturated carbocycles. The van der Waals surface area contributed by atoms with Crippen LogP contribution in [0.5, 0.6) is 0 Å². The zero-order valence-electron chi connectivity index (χ0n) is 13.1. The number of thiophene rings is 1. The Morgan fingerprint density at radius 3 is 2.75 bits per heavy atom. The van der Waals surface area contributed by atoms with Crippen molar-refractivity contribution in [2.45, 2.75) is 29.4 Å². The molecule has 0 unspecified atom stereocenters. The molecule has 1 aliphatic carbocycles.